The Morgan fingerprint density at radius 2 is 1.94 bits per heavy atom. The first-order valence-electron chi connectivity index (χ1n) is 5.36. The number of aryl methyl sites for hydroxylation is 1. The van der Waals surface area contributed by atoms with Crippen molar-refractivity contribution >= 4 is 18.0 Å². The molecule has 88 valence electrons. The Balaban J connectivity index is 2.62. The van der Waals surface area contributed by atoms with Gasteiger partial charge < -0.3 is 4.74 Å². The summed E-state index contributed by atoms with van der Waals surface area (Å²) in [5, 5.41) is 0. The Labute approximate surface area is 101 Å². The highest BCUT2D eigenvalue weighted by Gasteiger charge is 2.13. The summed E-state index contributed by atoms with van der Waals surface area (Å²) in [4.78, 5) is 12.6. The minimum absolute atomic E-state index is 0.282. The average Bonchev–Trinajstić information content (AvgIpc) is 2.28. The number of carbonyl (C=O) groups is 1. The molecule has 0 aliphatic heterocycles. The molecule has 0 saturated carbocycles. The van der Waals surface area contributed by atoms with Gasteiger partial charge in [-0.25, -0.2) is 9.10 Å². The zero-order valence-corrected chi connectivity index (χ0v) is 10.7. The van der Waals surface area contributed by atoms with E-state index in [1.807, 2.05) is 45.0 Å². The third kappa shape index (κ3) is 3.77. The van der Waals surface area contributed by atoms with Gasteiger partial charge in [-0.05, 0) is 44.9 Å². The van der Waals surface area contributed by atoms with Gasteiger partial charge in [-0.3, -0.25) is 0 Å². The molecule has 1 aromatic rings. The number of rotatable bonds is 4. The number of carbonyl (C=O) groups excluding carboxylic acids is 1. The van der Waals surface area contributed by atoms with Crippen LogP contribution in [0.3, 0.4) is 0 Å². The second kappa shape index (κ2) is 6.43. The number of benzene rings is 1. The first kappa shape index (κ1) is 12.9. The summed E-state index contributed by atoms with van der Waals surface area (Å²) in [6, 6.07) is 8.06. The third-order valence-corrected chi connectivity index (χ3v) is 3.11. The van der Waals surface area contributed by atoms with E-state index in [0.29, 0.717) is 13.2 Å². The lowest BCUT2D eigenvalue weighted by atomic mass is 10.2. The van der Waals surface area contributed by atoms with Crippen LogP contribution in [-0.4, -0.2) is 23.6 Å². The molecule has 0 radical (unpaired) electrons. The Morgan fingerprint density at radius 3 is 2.44 bits per heavy atom. The molecule has 1 aromatic carbocycles. The zero-order valence-electron chi connectivity index (χ0n) is 9.90. The molecule has 4 heteroatoms. The molecular formula is C12H17NO2S. The third-order valence-electron chi connectivity index (χ3n) is 2.00. The Morgan fingerprint density at radius 1 is 1.31 bits per heavy atom. The van der Waals surface area contributed by atoms with E-state index in [9.17, 15) is 4.79 Å². The highest BCUT2D eigenvalue weighted by atomic mass is 32.2. The molecule has 0 aliphatic carbocycles. The smallest absolute Gasteiger partial charge is 0.420 e. The predicted molar refractivity (Wildman–Crippen MR) is 66.4 cm³/mol. The van der Waals surface area contributed by atoms with Gasteiger partial charge in [0, 0.05) is 11.4 Å². The van der Waals surface area contributed by atoms with Crippen molar-refractivity contribution in [3.63, 3.8) is 0 Å². The molecule has 0 heterocycles. The van der Waals surface area contributed by atoms with Crippen molar-refractivity contribution in [1.82, 2.24) is 4.31 Å². The van der Waals surface area contributed by atoms with Crippen LogP contribution in [0, 0.1) is 6.92 Å². The SMILES string of the molecule is CCOC(=O)N(CC)Sc1ccc(C)cc1. The van der Waals surface area contributed by atoms with Crippen LogP contribution in [0.2, 0.25) is 0 Å². The molecule has 0 aromatic heterocycles. The van der Waals surface area contributed by atoms with Crippen LogP contribution in [0.15, 0.2) is 29.2 Å². The van der Waals surface area contributed by atoms with Crippen LogP contribution in [0.4, 0.5) is 4.79 Å². The van der Waals surface area contributed by atoms with Crippen LogP contribution in [0.5, 0.6) is 0 Å². The van der Waals surface area contributed by atoms with Gasteiger partial charge in [0.25, 0.3) is 0 Å². The Hall–Kier alpha value is -1.16. The number of ether oxygens (including phenoxy) is 1. The van der Waals surface area contributed by atoms with Gasteiger partial charge in [0.05, 0.1) is 6.61 Å². The van der Waals surface area contributed by atoms with Gasteiger partial charge in [-0.2, -0.15) is 0 Å². The Kier molecular flexibility index (Phi) is 5.19. The van der Waals surface area contributed by atoms with Crippen LogP contribution >= 0.6 is 11.9 Å². The highest BCUT2D eigenvalue weighted by molar-refractivity contribution is 7.97. The van der Waals surface area contributed by atoms with Gasteiger partial charge in [0.2, 0.25) is 0 Å². The van der Waals surface area contributed by atoms with Gasteiger partial charge >= 0.3 is 6.09 Å². The van der Waals surface area contributed by atoms with Crippen molar-refractivity contribution < 1.29 is 9.53 Å². The predicted octanol–water partition coefficient (Wildman–Crippen LogP) is 3.48. The minimum atomic E-state index is -0.282. The van der Waals surface area contributed by atoms with Crippen LogP contribution in [0.25, 0.3) is 0 Å². The topological polar surface area (TPSA) is 29.5 Å². The maximum atomic E-state index is 11.5. The quantitative estimate of drug-likeness (QED) is 0.753. The van der Waals surface area contributed by atoms with Crippen molar-refractivity contribution in [1.29, 1.82) is 0 Å². The van der Waals surface area contributed by atoms with Gasteiger partial charge in [-0.1, -0.05) is 17.7 Å². The summed E-state index contributed by atoms with van der Waals surface area (Å²) in [6.07, 6.45) is -0.282. The zero-order chi connectivity index (χ0) is 12.0. The van der Waals surface area contributed by atoms with Gasteiger partial charge in [0.15, 0.2) is 0 Å². The van der Waals surface area contributed by atoms with E-state index in [1.54, 1.807) is 4.31 Å². The molecule has 0 aliphatic rings. The highest BCUT2D eigenvalue weighted by Crippen LogP contribution is 2.23. The summed E-state index contributed by atoms with van der Waals surface area (Å²) in [6.45, 7) is 6.80. The number of nitrogens with zero attached hydrogens (tertiary/aromatic N) is 1. The largest absolute Gasteiger partial charge is 0.449 e. The normalized spacial score (nSPS) is 9.94. The number of hydrogen-bond donors (Lipinski definition) is 0. The molecule has 0 unspecified atom stereocenters. The molecule has 3 nitrogen and oxygen atoms in total. The first-order valence-corrected chi connectivity index (χ1v) is 6.13. The molecule has 0 fully saturated rings. The lowest BCUT2D eigenvalue weighted by molar-refractivity contribution is 0.135. The van der Waals surface area contributed by atoms with Gasteiger partial charge in [0.1, 0.15) is 0 Å². The fourth-order valence-corrected chi connectivity index (χ4v) is 1.92. The maximum absolute atomic E-state index is 11.5. The Bertz CT molecular complexity index is 337. The fraction of sp³-hybridized carbons (Fsp3) is 0.417. The molecule has 0 bridgehead atoms. The van der Waals surface area contributed by atoms with Crippen molar-refractivity contribution in [3.8, 4) is 0 Å². The van der Waals surface area contributed by atoms with E-state index in [-0.39, 0.29) is 6.09 Å². The summed E-state index contributed by atoms with van der Waals surface area (Å²) >= 11 is 1.40. The molecule has 0 N–H and O–H groups in total. The fourth-order valence-electron chi connectivity index (χ4n) is 1.15. The van der Waals surface area contributed by atoms with Gasteiger partial charge in [-0.15, -0.1) is 0 Å². The maximum Gasteiger partial charge on any atom is 0.420 e. The van der Waals surface area contributed by atoms with Crippen molar-refractivity contribution in [2.75, 3.05) is 13.2 Å². The summed E-state index contributed by atoms with van der Waals surface area (Å²) in [5.41, 5.74) is 1.21. The lowest BCUT2D eigenvalue weighted by Gasteiger charge is -2.18. The molecule has 0 saturated heterocycles. The van der Waals surface area contributed by atoms with Crippen molar-refractivity contribution in [3.05, 3.63) is 29.8 Å². The monoisotopic (exact) mass is 239 g/mol. The number of hydrogen-bond acceptors (Lipinski definition) is 3. The van der Waals surface area contributed by atoms with E-state index in [0.717, 1.165) is 4.90 Å². The van der Waals surface area contributed by atoms with E-state index in [1.165, 1.54) is 17.5 Å². The second-order valence-corrected chi connectivity index (χ2v) is 4.39. The minimum Gasteiger partial charge on any atom is -0.449 e. The van der Waals surface area contributed by atoms with Crippen LogP contribution in [0.1, 0.15) is 19.4 Å². The van der Waals surface area contributed by atoms with Crippen LogP contribution < -0.4 is 0 Å². The molecule has 1 rings (SSSR count). The van der Waals surface area contributed by atoms with E-state index >= 15 is 0 Å². The summed E-state index contributed by atoms with van der Waals surface area (Å²) in [7, 11) is 0. The van der Waals surface area contributed by atoms with Crippen molar-refractivity contribution in [2.45, 2.75) is 25.7 Å². The lowest BCUT2D eigenvalue weighted by Crippen LogP contribution is -2.24. The molecule has 16 heavy (non-hydrogen) atoms. The summed E-state index contributed by atoms with van der Waals surface area (Å²) in [5.74, 6) is 0. The molecule has 1 amide bonds. The molecular weight excluding hydrogens is 222 g/mol. The summed E-state index contributed by atoms with van der Waals surface area (Å²) < 4.78 is 6.56. The first-order chi connectivity index (χ1) is 7.67. The molecule has 0 spiro atoms. The van der Waals surface area contributed by atoms with Crippen molar-refractivity contribution in [2.24, 2.45) is 0 Å². The van der Waals surface area contributed by atoms with E-state index in [4.69, 9.17) is 4.74 Å². The van der Waals surface area contributed by atoms with Crippen LogP contribution in [-0.2, 0) is 4.74 Å². The molecule has 0 atom stereocenters. The average molecular weight is 239 g/mol. The standard InChI is InChI=1S/C12H17NO2S/c1-4-13(12(14)15-5-2)16-11-8-6-10(3)7-9-11/h6-9H,4-5H2,1-3H3. The van der Waals surface area contributed by atoms with E-state index < -0.39 is 0 Å². The second-order valence-electron chi connectivity index (χ2n) is 3.30. The van der Waals surface area contributed by atoms with E-state index in [2.05, 4.69) is 0 Å². The number of amides is 1.